The van der Waals surface area contributed by atoms with Crippen molar-refractivity contribution in [1.29, 1.82) is 0 Å². The molecule has 0 aromatic heterocycles. The molecule has 1 aromatic rings. The molecule has 0 aliphatic carbocycles. The van der Waals surface area contributed by atoms with Crippen molar-refractivity contribution in [3.05, 3.63) is 35.4 Å². The number of nitrogens with one attached hydrogen (secondary N) is 1. The molecule has 0 amide bonds. The second kappa shape index (κ2) is 6.43. The summed E-state index contributed by atoms with van der Waals surface area (Å²) in [6.07, 6.45) is 3.39. The average molecular weight is 250 g/mol. The first kappa shape index (κ1) is 12.9. The van der Waals surface area contributed by atoms with Crippen LogP contribution in [0.25, 0.3) is 0 Å². The van der Waals surface area contributed by atoms with E-state index in [1.165, 1.54) is 29.8 Å². The minimum absolute atomic E-state index is 0.577. The van der Waals surface area contributed by atoms with Gasteiger partial charge in [0.1, 0.15) is 0 Å². The Hall–Kier alpha value is -0.510. The number of benzene rings is 1. The maximum Gasteiger partial charge on any atom is 0.0360 e. The Morgan fingerprint density at radius 2 is 2.24 bits per heavy atom. The van der Waals surface area contributed by atoms with Gasteiger partial charge in [-0.3, -0.25) is 4.90 Å². The molecule has 1 aliphatic heterocycles. The molecule has 17 heavy (non-hydrogen) atoms. The van der Waals surface area contributed by atoms with Gasteiger partial charge in [0.15, 0.2) is 0 Å². The zero-order valence-corrected chi connectivity index (χ0v) is 11.6. The fraction of sp³-hybridized carbons (Fsp3) is 0.571. The first-order valence-corrected chi connectivity index (χ1v) is 7.70. The van der Waals surface area contributed by atoms with Crippen LogP contribution in [0.5, 0.6) is 0 Å². The van der Waals surface area contributed by atoms with Crippen molar-refractivity contribution >= 4 is 11.8 Å². The van der Waals surface area contributed by atoms with Crippen LogP contribution in [0.1, 0.15) is 23.6 Å². The van der Waals surface area contributed by atoms with Crippen LogP contribution in [-0.4, -0.2) is 37.0 Å². The minimum Gasteiger partial charge on any atom is -0.313 e. The van der Waals surface area contributed by atoms with Crippen molar-refractivity contribution in [2.45, 2.75) is 19.0 Å². The molecule has 2 rings (SSSR count). The van der Waals surface area contributed by atoms with E-state index in [9.17, 15) is 0 Å². The summed E-state index contributed by atoms with van der Waals surface area (Å²) in [5.41, 5.74) is 2.98. The third-order valence-electron chi connectivity index (χ3n) is 3.50. The summed E-state index contributed by atoms with van der Waals surface area (Å²) >= 11 is 1.92. The fourth-order valence-corrected chi connectivity index (χ4v) is 2.96. The Morgan fingerprint density at radius 3 is 3.06 bits per heavy atom. The van der Waals surface area contributed by atoms with E-state index in [-0.39, 0.29) is 0 Å². The molecular formula is C14H22N2S. The van der Waals surface area contributed by atoms with E-state index in [4.69, 9.17) is 0 Å². The summed E-state index contributed by atoms with van der Waals surface area (Å²) in [7, 11) is 2.25. The molecule has 0 saturated carbocycles. The van der Waals surface area contributed by atoms with Crippen LogP contribution >= 0.6 is 11.8 Å². The van der Waals surface area contributed by atoms with Crippen molar-refractivity contribution < 1.29 is 0 Å². The molecule has 2 nitrogen and oxygen atoms in total. The maximum atomic E-state index is 3.51. The molecule has 1 N–H and O–H groups in total. The summed E-state index contributed by atoms with van der Waals surface area (Å²) < 4.78 is 0. The second-order valence-corrected chi connectivity index (χ2v) is 5.64. The van der Waals surface area contributed by atoms with E-state index in [2.05, 4.69) is 47.8 Å². The first-order valence-electron chi connectivity index (χ1n) is 6.30. The number of hydrogen-bond donors (Lipinski definition) is 1. The Labute approximate surface area is 109 Å². The van der Waals surface area contributed by atoms with Gasteiger partial charge >= 0.3 is 0 Å². The third-order valence-corrected chi connectivity index (χ3v) is 4.10. The van der Waals surface area contributed by atoms with Crippen LogP contribution in [0, 0.1) is 0 Å². The van der Waals surface area contributed by atoms with Gasteiger partial charge in [0.05, 0.1) is 0 Å². The largest absolute Gasteiger partial charge is 0.313 e. The van der Waals surface area contributed by atoms with E-state index in [1.54, 1.807) is 0 Å². The van der Waals surface area contributed by atoms with Crippen molar-refractivity contribution in [1.82, 2.24) is 10.2 Å². The van der Waals surface area contributed by atoms with Gasteiger partial charge in [-0.15, -0.1) is 0 Å². The molecule has 1 aromatic carbocycles. The average Bonchev–Trinajstić information content (AvgIpc) is 2.58. The van der Waals surface area contributed by atoms with Gasteiger partial charge in [0.25, 0.3) is 0 Å². The van der Waals surface area contributed by atoms with Crippen LogP contribution in [0.4, 0.5) is 0 Å². The van der Waals surface area contributed by atoms with Gasteiger partial charge < -0.3 is 5.32 Å². The van der Waals surface area contributed by atoms with Gasteiger partial charge in [-0.2, -0.15) is 11.8 Å². The highest BCUT2D eigenvalue weighted by molar-refractivity contribution is 7.98. The van der Waals surface area contributed by atoms with Gasteiger partial charge in [0.2, 0.25) is 0 Å². The molecule has 0 fully saturated rings. The van der Waals surface area contributed by atoms with Crippen LogP contribution in [0.2, 0.25) is 0 Å². The monoisotopic (exact) mass is 250 g/mol. The highest BCUT2D eigenvalue weighted by Crippen LogP contribution is 2.28. The summed E-state index contributed by atoms with van der Waals surface area (Å²) in [4.78, 5) is 2.50. The number of thioether (sulfide) groups is 1. The van der Waals surface area contributed by atoms with Crippen molar-refractivity contribution in [2.24, 2.45) is 0 Å². The lowest BCUT2D eigenvalue weighted by Crippen LogP contribution is -2.28. The van der Waals surface area contributed by atoms with Gasteiger partial charge in [-0.05, 0) is 37.4 Å². The summed E-state index contributed by atoms with van der Waals surface area (Å²) in [5.74, 6) is 1.21. The molecule has 1 heterocycles. The molecule has 0 saturated heterocycles. The zero-order chi connectivity index (χ0) is 12.1. The Bertz CT molecular complexity index is 354. The predicted octanol–water partition coefficient (Wildman–Crippen LogP) is 2.52. The Morgan fingerprint density at radius 1 is 1.41 bits per heavy atom. The van der Waals surface area contributed by atoms with Gasteiger partial charge in [-0.25, -0.2) is 0 Å². The van der Waals surface area contributed by atoms with Crippen molar-refractivity contribution in [3.8, 4) is 0 Å². The number of rotatable bonds is 4. The van der Waals surface area contributed by atoms with Crippen molar-refractivity contribution in [3.63, 3.8) is 0 Å². The molecule has 0 bridgehead atoms. The first-order chi connectivity index (χ1) is 8.33. The molecule has 0 spiro atoms. The SMILES string of the molecule is CSCCN(C)C1CCNCc2ccccc21. The lowest BCUT2D eigenvalue weighted by Gasteiger charge is -2.28. The number of hydrogen-bond acceptors (Lipinski definition) is 3. The fourth-order valence-electron chi connectivity index (χ4n) is 2.49. The topological polar surface area (TPSA) is 15.3 Å². The minimum atomic E-state index is 0.577. The van der Waals surface area contributed by atoms with E-state index >= 15 is 0 Å². The molecule has 1 atom stereocenters. The molecule has 94 valence electrons. The smallest absolute Gasteiger partial charge is 0.0360 e. The Kier molecular flexibility index (Phi) is 4.89. The van der Waals surface area contributed by atoms with E-state index in [0.717, 1.165) is 13.1 Å². The van der Waals surface area contributed by atoms with Crippen molar-refractivity contribution in [2.75, 3.05) is 32.1 Å². The predicted molar refractivity (Wildman–Crippen MR) is 76.5 cm³/mol. The summed E-state index contributed by atoms with van der Waals surface area (Å²) in [5, 5.41) is 3.51. The highest BCUT2D eigenvalue weighted by Gasteiger charge is 2.21. The lowest BCUT2D eigenvalue weighted by molar-refractivity contribution is 0.249. The molecular weight excluding hydrogens is 228 g/mol. The van der Waals surface area contributed by atoms with Crippen LogP contribution < -0.4 is 5.32 Å². The van der Waals surface area contributed by atoms with E-state index in [0.29, 0.717) is 6.04 Å². The number of nitrogens with zero attached hydrogens (tertiary/aromatic N) is 1. The summed E-state index contributed by atoms with van der Waals surface area (Å²) in [6, 6.07) is 9.43. The lowest BCUT2D eigenvalue weighted by atomic mass is 9.98. The Balaban J connectivity index is 2.16. The van der Waals surface area contributed by atoms with E-state index < -0.39 is 0 Å². The standard InChI is InChI=1S/C14H22N2S/c1-16(9-10-17-2)14-7-8-15-11-12-5-3-4-6-13(12)14/h3-6,14-15H,7-11H2,1-2H3. The summed E-state index contributed by atoms with van der Waals surface area (Å²) in [6.45, 7) is 3.30. The van der Waals surface area contributed by atoms with Crippen LogP contribution in [-0.2, 0) is 6.54 Å². The van der Waals surface area contributed by atoms with Crippen LogP contribution in [0.15, 0.2) is 24.3 Å². The van der Waals surface area contributed by atoms with Gasteiger partial charge in [0, 0.05) is 24.9 Å². The van der Waals surface area contributed by atoms with E-state index in [1.807, 2.05) is 11.8 Å². The highest BCUT2D eigenvalue weighted by atomic mass is 32.2. The third kappa shape index (κ3) is 3.24. The molecule has 1 unspecified atom stereocenters. The molecule has 0 radical (unpaired) electrons. The quantitative estimate of drug-likeness (QED) is 0.884. The molecule has 1 aliphatic rings. The zero-order valence-electron chi connectivity index (χ0n) is 10.8. The number of fused-ring (bicyclic) bond motifs is 1. The maximum absolute atomic E-state index is 3.51. The molecule has 3 heteroatoms. The van der Waals surface area contributed by atoms with Crippen LogP contribution in [0.3, 0.4) is 0 Å². The normalized spacial score (nSPS) is 20.1. The van der Waals surface area contributed by atoms with Gasteiger partial charge in [-0.1, -0.05) is 24.3 Å². The second-order valence-electron chi connectivity index (χ2n) is 4.65.